The molecule has 136 valence electrons. The molecule has 7 nitrogen and oxygen atoms in total. The topological polar surface area (TPSA) is 91.9 Å². The van der Waals surface area contributed by atoms with Crippen LogP contribution in [0.15, 0.2) is 36.5 Å². The second-order valence-electron chi connectivity index (χ2n) is 5.97. The summed E-state index contributed by atoms with van der Waals surface area (Å²) in [5, 5.41) is 7.23. The van der Waals surface area contributed by atoms with Gasteiger partial charge in [-0.2, -0.15) is 0 Å². The molecular weight excluding hydrogens is 330 g/mol. The van der Waals surface area contributed by atoms with Crippen molar-refractivity contribution in [1.29, 1.82) is 0 Å². The molecule has 0 spiro atoms. The van der Waals surface area contributed by atoms with E-state index in [-0.39, 0.29) is 5.91 Å². The lowest BCUT2D eigenvalue weighted by molar-refractivity contribution is 0.0949. The van der Waals surface area contributed by atoms with Gasteiger partial charge in [-0.15, -0.1) is 0 Å². The van der Waals surface area contributed by atoms with Crippen molar-refractivity contribution in [1.82, 2.24) is 20.3 Å². The van der Waals surface area contributed by atoms with E-state index in [0.29, 0.717) is 37.0 Å². The van der Waals surface area contributed by atoms with Crippen molar-refractivity contribution in [2.45, 2.75) is 13.3 Å². The van der Waals surface area contributed by atoms with E-state index < -0.39 is 0 Å². The summed E-state index contributed by atoms with van der Waals surface area (Å²) in [6.07, 6.45) is 2.74. The van der Waals surface area contributed by atoms with E-state index in [0.717, 1.165) is 11.9 Å². The lowest BCUT2D eigenvalue weighted by Gasteiger charge is -2.09. The van der Waals surface area contributed by atoms with Crippen molar-refractivity contribution in [2.75, 3.05) is 32.1 Å². The molecule has 0 bridgehead atoms. The highest BCUT2D eigenvalue weighted by Crippen LogP contribution is 2.17. The average Bonchev–Trinajstić information content (AvgIpc) is 3.05. The maximum absolute atomic E-state index is 12.4. The van der Waals surface area contributed by atoms with E-state index in [2.05, 4.69) is 31.7 Å². The SMILES string of the molecule is COCCNc1cc(C(=O)NCCc2c[nH]c3ccccc23)nc(C)n1. The van der Waals surface area contributed by atoms with Crippen molar-refractivity contribution in [3.05, 3.63) is 53.6 Å². The molecule has 0 radical (unpaired) electrons. The Morgan fingerprint density at radius 2 is 2.08 bits per heavy atom. The standard InChI is InChI=1S/C19H23N5O2/c1-13-23-17(11-18(24-13)20-9-10-26-2)19(25)21-8-7-14-12-22-16-6-4-3-5-15(14)16/h3-6,11-12,22H,7-10H2,1-2H3,(H,21,25)(H,20,23,24). The highest BCUT2D eigenvalue weighted by Gasteiger charge is 2.11. The summed E-state index contributed by atoms with van der Waals surface area (Å²) < 4.78 is 5.00. The molecule has 0 saturated carbocycles. The number of aromatic amines is 1. The first-order chi connectivity index (χ1) is 12.7. The Kier molecular flexibility index (Phi) is 5.80. The first kappa shape index (κ1) is 17.9. The van der Waals surface area contributed by atoms with Crippen molar-refractivity contribution in [3.63, 3.8) is 0 Å². The van der Waals surface area contributed by atoms with Gasteiger partial charge in [0, 0.05) is 43.4 Å². The first-order valence-corrected chi connectivity index (χ1v) is 8.59. The van der Waals surface area contributed by atoms with E-state index in [1.54, 1.807) is 20.1 Å². The molecule has 0 unspecified atom stereocenters. The number of fused-ring (bicyclic) bond motifs is 1. The summed E-state index contributed by atoms with van der Waals surface area (Å²) in [5.41, 5.74) is 2.64. The Bertz CT molecular complexity index is 891. The normalized spacial score (nSPS) is 10.8. The first-order valence-electron chi connectivity index (χ1n) is 8.59. The minimum atomic E-state index is -0.204. The van der Waals surface area contributed by atoms with Gasteiger partial charge in [-0.05, 0) is 25.0 Å². The number of amides is 1. The summed E-state index contributed by atoms with van der Waals surface area (Å²) in [6, 6.07) is 9.79. The number of carbonyl (C=O) groups is 1. The molecule has 3 N–H and O–H groups in total. The summed E-state index contributed by atoms with van der Waals surface area (Å²) in [7, 11) is 1.64. The predicted octanol–water partition coefficient (Wildman–Crippen LogP) is 2.30. The molecule has 0 aliphatic heterocycles. The van der Waals surface area contributed by atoms with Crippen LogP contribution in [0.5, 0.6) is 0 Å². The number of methoxy groups -OCH3 is 1. The highest BCUT2D eigenvalue weighted by molar-refractivity contribution is 5.93. The molecule has 1 amide bonds. The molecule has 2 heterocycles. The lowest BCUT2D eigenvalue weighted by Crippen LogP contribution is -2.27. The third-order valence-corrected chi connectivity index (χ3v) is 4.04. The molecule has 2 aromatic heterocycles. The Morgan fingerprint density at radius 1 is 1.23 bits per heavy atom. The maximum atomic E-state index is 12.4. The Morgan fingerprint density at radius 3 is 2.92 bits per heavy atom. The number of ether oxygens (including phenoxy) is 1. The molecule has 0 saturated heterocycles. The molecule has 1 aromatic carbocycles. The van der Waals surface area contributed by atoms with Gasteiger partial charge in [0.2, 0.25) is 0 Å². The van der Waals surface area contributed by atoms with Crippen LogP contribution in [-0.4, -0.2) is 47.7 Å². The van der Waals surface area contributed by atoms with E-state index in [4.69, 9.17) is 4.74 Å². The van der Waals surface area contributed by atoms with Crippen LogP contribution >= 0.6 is 0 Å². The van der Waals surface area contributed by atoms with Gasteiger partial charge in [0.1, 0.15) is 17.3 Å². The quantitative estimate of drug-likeness (QED) is 0.541. The van der Waals surface area contributed by atoms with Gasteiger partial charge in [0.05, 0.1) is 6.61 Å². The molecule has 7 heteroatoms. The summed E-state index contributed by atoms with van der Waals surface area (Å²) in [5.74, 6) is 0.968. The van der Waals surface area contributed by atoms with Crippen LogP contribution in [0.2, 0.25) is 0 Å². The average molecular weight is 353 g/mol. The van der Waals surface area contributed by atoms with Crippen LogP contribution in [0, 0.1) is 6.92 Å². The second-order valence-corrected chi connectivity index (χ2v) is 5.97. The number of H-pyrrole nitrogens is 1. The van der Waals surface area contributed by atoms with Gasteiger partial charge in [0.25, 0.3) is 5.91 Å². The number of aryl methyl sites for hydroxylation is 1. The molecular formula is C19H23N5O2. The van der Waals surface area contributed by atoms with Crippen molar-refractivity contribution >= 4 is 22.6 Å². The third kappa shape index (κ3) is 4.37. The lowest BCUT2D eigenvalue weighted by atomic mass is 10.1. The third-order valence-electron chi connectivity index (χ3n) is 4.04. The number of nitrogens with zero attached hydrogens (tertiary/aromatic N) is 2. The van der Waals surface area contributed by atoms with Gasteiger partial charge < -0.3 is 20.4 Å². The number of aromatic nitrogens is 3. The van der Waals surface area contributed by atoms with Crippen LogP contribution in [0.1, 0.15) is 21.9 Å². The van der Waals surface area contributed by atoms with E-state index in [1.165, 1.54) is 10.9 Å². The monoisotopic (exact) mass is 353 g/mol. The summed E-state index contributed by atoms with van der Waals surface area (Å²) in [4.78, 5) is 24.2. The second kappa shape index (κ2) is 8.44. The number of nitrogens with one attached hydrogen (secondary N) is 3. The Balaban J connectivity index is 1.59. The fraction of sp³-hybridized carbons (Fsp3) is 0.316. The number of anilines is 1. The minimum absolute atomic E-state index is 0.204. The van der Waals surface area contributed by atoms with E-state index in [9.17, 15) is 4.79 Å². The predicted molar refractivity (Wildman–Crippen MR) is 101 cm³/mol. The summed E-state index contributed by atoms with van der Waals surface area (Å²) >= 11 is 0. The van der Waals surface area contributed by atoms with Gasteiger partial charge >= 0.3 is 0 Å². The van der Waals surface area contributed by atoms with Crippen LogP contribution in [-0.2, 0) is 11.2 Å². The van der Waals surface area contributed by atoms with Gasteiger partial charge in [-0.25, -0.2) is 9.97 Å². The molecule has 0 fully saturated rings. The van der Waals surface area contributed by atoms with Crippen LogP contribution in [0.4, 0.5) is 5.82 Å². The zero-order valence-electron chi connectivity index (χ0n) is 15.0. The number of hydrogen-bond acceptors (Lipinski definition) is 5. The molecule has 26 heavy (non-hydrogen) atoms. The van der Waals surface area contributed by atoms with Crippen molar-refractivity contribution in [2.24, 2.45) is 0 Å². The number of hydrogen-bond donors (Lipinski definition) is 3. The van der Waals surface area contributed by atoms with Crippen molar-refractivity contribution < 1.29 is 9.53 Å². The molecule has 0 atom stereocenters. The fourth-order valence-corrected chi connectivity index (χ4v) is 2.80. The molecule has 3 rings (SSSR count). The summed E-state index contributed by atoms with van der Waals surface area (Å²) in [6.45, 7) is 3.49. The van der Waals surface area contributed by atoms with Crippen LogP contribution in [0.3, 0.4) is 0 Å². The smallest absolute Gasteiger partial charge is 0.270 e. The van der Waals surface area contributed by atoms with E-state index >= 15 is 0 Å². The van der Waals surface area contributed by atoms with E-state index in [1.807, 2.05) is 24.4 Å². The molecule has 0 aliphatic carbocycles. The fourth-order valence-electron chi connectivity index (χ4n) is 2.80. The zero-order chi connectivity index (χ0) is 18.4. The number of benzene rings is 1. The van der Waals surface area contributed by atoms with Crippen molar-refractivity contribution in [3.8, 4) is 0 Å². The molecule has 0 aliphatic rings. The van der Waals surface area contributed by atoms with Gasteiger partial charge in [-0.1, -0.05) is 18.2 Å². The number of rotatable bonds is 8. The van der Waals surface area contributed by atoms with Gasteiger partial charge in [-0.3, -0.25) is 4.79 Å². The maximum Gasteiger partial charge on any atom is 0.270 e. The highest BCUT2D eigenvalue weighted by atomic mass is 16.5. The largest absolute Gasteiger partial charge is 0.383 e. The van der Waals surface area contributed by atoms with Crippen LogP contribution < -0.4 is 10.6 Å². The Hall–Kier alpha value is -2.93. The minimum Gasteiger partial charge on any atom is -0.383 e. The van der Waals surface area contributed by atoms with Gasteiger partial charge in [0.15, 0.2) is 0 Å². The number of para-hydroxylation sites is 1. The Labute approximate surface area is 152 Å². The number of carbonyl (C=O) groups excluding carboxylic acids is 1. The van der Waals surface area contributed by atoms with Crippen LogP contribution in [0.25, 0.3) is 10.9 Å². The zero-order valence-corrected chi connectivity index (χ0v) is 15.0. The molecule has 3 aromatic rings.